The molecule has 7 fully saturated rings. The van der Waals surface area contributed by atoms with Crippen LogP contribution in [0.2, 0.25) is 0 Å². The summed E-state index contributed by atoms with van der Waals surface area (Å²) < 4.78 is 84.3. The summed E-state index contributed by atoms with van der Waals surface area (Å²) in [6.07, 6.45) is -46.5. The Balaban J connectivity index is 0.000000255. The summed E-state index contributed by atoms with van der Waals surface area (Å²) in [5.74, 6) is -0.629. The maximum atomic E-state index is 11.9. The Morgan fingerprint density at radius 3 is 0.832 bits per heavy atom. The highest BCUT2D eigenvalue weighted by molar-refractivity contribution is 5.55. The highest BCUT2D eigenvalue weighted by Gasteiger charge is 2.57. The lowest BCUT2D eigenvalue weighted by atomic mass is 9.73. The van der Waals surface area contributed by atoms with Crippen LogP contribution in [0.25, 0.3) is 0 Å². The van der Waals surface area contributed by atoms with Crippen LogP contribution in [0.4, 0.5) is 0 Å². The van der Waals surface area contributed by atoms with Crippen LogP contribution in [-0.2, 0) is 60.2 Å². The number of rotatable bonds is 29. The minimum atomic E-state index is -1.90. The third-order valence-electron chi connectivity index (χ3n) is 24.0. The van der Waals surface area contributed by atoms with Crippen molar-refractivity contribution in [3.8, 4) is 23.0 Å². The predicted octanol–water partition coefficient (Wildman–Crippen LogP) is -3.67. The number of aliphatic hydroxyl groups is 23. The maximum absolute atomic E-state index is 11.9. The lowest BCUT2D eigenvalue weighted by Gasteiger charge is -2.46. The van der Waals surface area contributed by atoms with Gasteiger partial charge in [-0.15, -0.1) is 0 Å². The van der Waals surface area contributed by atoms with Gasteiger partial charge in [-0.2, -0.15) is 0 Å². The quantitative estimate of drug-likeness (QED) is 0.0349. The molecule has 0 spiro atoms. The van der Waals surface area contributed by atoms with Crippen LogP contribution in [-0.4, -0.2) is 365 Å². The van der Waals surface area contributed by atoms with Gasteiger partial charge in [0.15, 0.2) is 18.9 Å². The second-order valence-corrected chi connectivity index (χ2v) is 32.7. The Labute approximate surface area is 689 Å². The van der Waals surface area contributed by atoms with Crippen molar-refractivity contribution in [2.24, 2.45) is 11.8 Å². The topological polar surface area (TPSA) is 595 Å². The number of benzene rings is 2. The van der Waals surface area contributed by atoms with Gasteiger partial charge < -0.3 is 184 Å². The van der Waals surface area contributed by atoms with Crippen LogP contribution in [0, 0.1) is 11.8 Å². The third-order valence-corrected chi connectivity index (χ3v) is 24.0. The molecule has 37 nitrogen and oxygen atoms in total. The van der Waals surface area contributed by atoms with E-state index in [1.54, 1.807) is 38.1 Å². The normalized spacial score (nSPS) is 42.8. The zero-order valence-electron chi connectivity index (χ0n) is 68.0. The molecule has 0 amide bonds. The van der Waals surface area contributed by atoms with Crippen LogP contribution < -0.4 is 18.9 Å². The van der Waals surface area contributed by atoms with Gasteiger partial charge in [-0.05, 0) is 126 Å². The van der Waals surface area contributed by atoms with Crippen molar-refractivity contribution in [1.82, 2.24) is 0 Å². The van der Waals surface area contributed by atoms with Gasteiger partial charge in [0.1, 0.15) is 182 Å². The van der Waals surface area contributed by atoms with Crippen molar-refractivity contribution in [1.29, 1.82) is 0 Å². The summed E-state index contributed by atoms with van der Waals surface area (Å²) in [5, 5.41) is 245. The Morgan fingerprint density at radius 1 is 0.328 bits per heavy atom. The number of aryl methyl sites for hydroxylation is 2. The number of hydrogen-bond donors (Lipinski definition) is 23. The highest BCUT2D eigenvalue weighted by Crippen LogP contribution is 2.52. The molecule has 2 aliphatic carbocycles. The molecule has 0 aromatic heterocycles. The van der Waals surface area contributed by atoms with Crippen molar-refractivity contribution in [2.75, 3.05) is 33.0 Å². The molecule has 0 saturated carbocycles. The molecule has 2 aromatic rings. The van der Waals surface area contributed by atoms with Gasteiger partial charge in [0.2, 0.25) is 25.2 Å². The molecule has 39 atom stereocenters. The molecular formula is C82H126O37. The summed E-state index contributed by atoms with van der Waals surface area (Å²) in [7, 11) is 0. The van der Waals surface area contributed by atoms with E-state index >= 15 is 0 Å². The Bertz CT molecular complexity index is 3540. The summed E-state index contributed by atoms with van der Waals surface area (Å²) in [6.45, 7) is 19.8. The van der Waals surface area contributed by atoms with E-state index in [-0.39, 0.29) is 41.3 Å². The SMILES string of the molecule is C=C(C)[C@@H]1CCC(C)=C[C@H]1c1c(O[C@@H]2O[C@H](CC)[C@@H](O)[C@H](O)[C@H]2O)cc(CCC)cc1O[C@@H]1O[C@H](CO)[C@@H](O)[C@H](O[C@@H]2O[C@H](CO)[C@@H](O)[C@H](O)[C@H]2O)[C@H]1O.C=C(C)[C@@H]1CCC(C)=C[C@H]1c1c(O[C@@H]2O[C@H](CC)[C@@H](O)[C@H](O[C@@H]3O[C@H](CO)[C@@H](O)[C@H](O)[C@H]3O)[C@H]2O)cc(CCC)cc1O[C@@H]1O[C@H](CO)[C@@H](O)[C@H](O[C@@H]2O[C@H](CO)[C@@H](O)[C@H](O)[C@H]2O)[C@H]1O. The predicted molar refractivity (Wildman–Crippen MR) is 411 cm³/mol. The number of ether oxygens (including phenoxy) is 14. The van der Waals surface area contributed by atoms with Crippen molar-refractivity contribution >= 4 is 0 Å². The monoisotopic (exact) mass is 1700 g/mol. The fraction of sp³-hybridized carbons (Fsp3) is 0.756. The van der Waals surface area contributed by atoms with E-state index in [2.05, 4.69) is 19.2 Å². The molecule has 37 heteroatoms. The van der Waals surface area contributed by atoms with Crippen molar-refractivity contribution < 1.29 is 184 Å². The van der Waals surface area contributed by atoms with Gasteiger partial charge >= 0.3 is 0 Å². The van der Waals surface area contributed by atoms with Crippen LogP contribution in [0.1, 0.15) is 141 Å². The molecule has 7 heterocycles. The first-order valence-electron chi connectivity index (χ1n) is 41.0. The van der Waals surface area contributed by atoms with Crippen molar-refractivity contribution in [3.05, 3.63) is 94.1 Å². The highest BCUT2D eigenvalue weighted by atomic mass is 16.8. The largest absolute Gasteiger partial charge is 0.462 e. The standard InChI is InChI=1S/C44H68O21.C38H58O16/c1-6-8-19-12-23(59-43-37(56)39(31(50)22(7-2)58-43)64-41-35(54)33(52)29(48)25(14-45)61-41)28(21-11-18(5)9-10-20(21)17(3)4)24(13-19)60-44-38(57)40(32(51)27(16-47)63-44)65-42-36(55)34(53)30(49)26(15-46)62-42;1-6-8-18-12-22(50-36-32(46)30(44)27(41)21(7-2)49-36)26(20-11-17(5)9-10-19(20)16(3)4)23(13-18)51-38-34(48)35(29(43)25(15-40)53-38)54-37-33(47)31(45)28(42)24(14-39)52-37/h11-13,20-22,25-27,29-57H,3,6-10,14-16H2,1-2,4-5H3;11-13,19-21,24-25,27-48H,3,6-10,14-15H2,1-2,4-5H3/t20-,21+,22+,25+,26+,27+,29+,30+,31+,32+,33-,34-,35+,36+,37+,38+,39-,40-,41-,42-,43-,44+;19-,20+,21+,24+,25+,27+,28+,29+,30-,31-,32+,33+,34+,35-,36-,37-,38+/m00/s1. The molecule has 23 N–H and O–H groups in total. The van der Waals surface area contributed by atoms with Crippen LogP contribution >= 0.6 is 0 Å². The van der Waals surface area contributed by atoms with E-state index in [4.69, 9.17) is 66.3 Å². The van der Waals surface area contributed by atoms with Gasteiger partial charge in [-0.3, -0.25) is 0 Å². The number of aliphatic hydroxyl groups excluding tert-OH is 23. The van der Waals surface area contributed by atoms with E-state index in [1.165, 1.54) is 0 Å². The van der Waals surface area contributed by atoms with Gasteiger partial charge in [-0.25, -0.2) is 0 Å². The Hall–Kier alpha value is -4.72. The summed E-state index contributed by atoms with van der Waals surface area (Å²) in [4.78, 5) is 0. The molecule has 7 saturated heterocycles. The first kappa shape index (κ1) is 96.5. The zero-order valence-corrected chi connectivity index (χ0v) is 68.0. The van der Waals surface area contributed by atoms with Crippen LogP contribution in [0.3, 0.4) is 0 Å². The minimum absolute atomic E-state index is 0.100. The van der Waals surface area contributed by atoms with E-state index in [9.17, 15) is 117 Å². The Morgan fingerprint density at radius 2 is 0.563 bits per heavy atom. The summed E-state index contributed by atoms with van der Waals surface area (Å²) >= 11 is 0. The molecule has 119 heavy (non-hydrogen) atoms. The molecule has 7 aliphatic heterocycles. The van der Waals surface area contributed by atoms with Crippen molar-refractivity contribution in [2.45, 2.75) is 346 Å². The second kappa shape index (κ2) is 42.5. The van der Waals surface area contributed by atoms with Crippen LogP contribution in [0.15, 0.2) is 71.9 Å². The van der Waals surface area contributed by atoms with E-state index in [1.807, 2.05) is 47.6 Å². The molecule has 11 rings (SSSR count). The van der Waals surface area contributed by atoms with E-state index in [0.29, 0.717) is 55.2 Å². The first-order valence-corrected chi connectivity index (χ1v) is 41.0. The average Bonchev–Trinajstić information content (AvgIpc) is 1.26. The number of hydrogen-bond acceptors (Lipinski definition) is 37. The molecule has 9 aliphatic rings. The Kier molecular flexibility index (Phi) is 34.5. The van der Waals surface area contributed by atoms with Gasteiger partial charge in [-0.1, -0.05) is 88.1 Å². The van der Waals surface area contributed by atoms with Gasteiger partial charge in [0.25, 0.3) is 0 Å². The molecule has 0 bridgehead atoms. The lowest BCUT2D eigenvalue weighted by molar-refractivity contribution is -0.353. The molecule has 2 aromatic carbocycles. The molecule has 676 valence electrons. The second-order valence-electron chi connectivity index (χ2n) is 32.7. The molecule has 0 radical (unpaired) electrons. The number of allylic oxidation sites excluding steroid dienone is 6. The van der Waals surface area contributed by atoms with Crippen LogP contribution in [0.5, 0.6) is 23.0 Å². The smallest absolute Gasteiger partial charge is 0.229 e. The molecule has 0 unspecified atom stereocenters. The van der Waals surface area contributed by atoms with Crippen molar-refractivity contribution in [3.63, 3.8) is 0 Å². The minimum Gasteiger partial charge on any atom is -0.462 e. The van der Waals surface area contributed by atoms with E-state index < -0.39 is 260 Å². The van der Waals surface area contributed by atoms with E-state index in [0.717, 1.165) is 47.1 Å². The van der Waals surface area contributed by atoms with Gasteiger partial charge in [0, 0.05) is 23.0 Å². The molecular weight excluding hydrogens is 1580 g/mol. The lowest BCUT2D eigenvalue weighted by Crippen LogP contribution is -2.65. The fourth-order valence-corrected chi connectivity index (χ4v) is 17.0. The fourth-order valence-electron chi connectivity index (χ4n) is 17.0. The first-order chi connectivity index (χ1) is 56.5. The maximum Gasteiger partial charge on any atom is 0.229 e. The average molecular weight is 1700 g/mol. The zero-order chi connectivity index (χ0) is 87.2. The third kappa shape index (κ3) is 21.2. The summed E-state index contributed by atoms with van der Waals surface area (Å²) in [6, 6.07) is 6.99. The van der Waals surface area contributed by atoms with Gasteiger partial charge in [0.05, 0.1) is 45.2 Å². The summed E-state index contributed by atoms with van der Waals surface area (Å²) in [5.41, 5.74) is 6.02.